The molecular weight excluding hydrogens is 453 g/mol. The van der Waals surface area contributed by atoms with E-state index in [9.17, 15) is 9.18 Å². The minimum Gasteiger partial charge on any atom is -0.489 e. The smallest absolute Gasteiger partial charge is 0.266 e. The standard InChI is InChI=1S/C24H17ClFNO2S2/c25-20-7-4-8-21(26)19(20)15-29-18-11-9-16(10-12-18)13-22-23(28)27(24(30)31-22)14-17-5-2-1-3-6-17/h1-13H,14-15H2. The first-order chi connectivity index (χ1) is 15.0. The summed E-state index contributed by atoms with van der Waals surface area (Å²) in [6.45, 7) is 0.483. The van der Waals surface area contributed by atoms with Crippen LogP contribution in [-0.2, 0) is 17.9 Å². The van der Waals surface area contributed by atoms with E-state index in [1.807, 2.05) is 48.5 Å². The molecule has 7 heteroatoms. The molecule has 4 rings (SSSR count). The van der Waals surface area contributed by atoms with Crippen LogP contribution in [0.3, 0.4) is 0 Å². The number of rotatable bonds is 6. The molecule has 1 heterocycles. The van der Waals surface area contributed by atoms with E-state index in [4.69, 9.17) is 28.6 Å². The Morgan fingerprint density at radius 1 is 1.03 bits per heavy atom. The molecule has 156 valence electrons. The number of amides is 1. The van der Waals surface area contributed by atoms with Crippen LogP contribution in [0.4, 0.5) is 4.39 Å². The van der Waals surface area contributed by atoms with E-state index in [1.54, 1.807) is 29.2 Å². The molecular formula is C24H17ClFNO2S2. The fraction of sp³-hybridized carbons (Fsp3) is 0.0833. The van der Waals surface area contributed by atoms with E-state index in [-0.39, 0.29) is 12.5 Å². The van der Waals surface area contributed by atoms with E-state index in [1.165, 1.54) is 17.8 Å². The highest BCUT2D eigenvalue weighted by Gasteiger charge is 2.31. The number of benzene rings is 3. The van der Waals surface area contributed by atoms with Crippen LogP contribution in [0.25, 0.3) is 6.08 Å². The largest absolute Gasteiger partial charge is 0.489 e. The molecule has 0 bridgehead atoms. The number of hydrogen-bond donors (Lipinski definition) is 0. The number of thioether (sulfide) groups is 1. The van der Waals surface area contributed by atoms with Gasteiger partial charge in [0.1, 0.15) is 22.5 Å². The van der Waals surface area contributed by atoms with Gasteiger partial charge in [0.25, 0.3) is 5.91 Å². The van der Waals surface area contributed by atoms with Crippen molar-refractivity contribution in [2.75, 3.05) is 0 Å². The normalized spacial score (nSPS) is 15.0. The van der Waals surface area contributed by atoms with E-state index >= 15 is 0 Å². The van der Waals surface area contributed by atoms with Crippen LogP contribution in [0, 0.1) is 5.82 Å². The highest BCUT2D eigenvalue weighted by molar-refractivity contribution is 8.26. The highest BCUT2D eigenvalue weighted by atomic mass is 35.5. The molecule has 3 nitrogen and oxygen atoms in total. The zero-order valence-corrected chi connectivity index (χ0v) is 18.6. The van der Waals surface area contributed by atoms with Crippen molar-refractivity contribution in [2.45, 2.75) is 13.2 Å². The van der Waals surface area contributed by atoms with E-state index in [2.05, 4.69) is 0 Å². The van der Waals surface area contributed by atoms with Gasteiger partial charge >= 0.3 is 0 Å². The molecule has 31 heavy (non-hydrogen) atoms. The minimum absolute atomic E-state index is 0.0308. The molecule has 1 amide bonds. The van der Waals surface area contributed by atoms with E-state index < -0.39 is 5.82 Å². The molecule has 1 fully saturated rings. The van der Waals surface area contributed by atoms with Crippen molar-refractivity contribution in [3.05, 3.63) is 105 Å². The average Bonchev–Trinajstić information content (AvgIpc) is 3.02. The third kappa shape index (κ3) is 5.15. The number of ether oxygens (including phenoxy) is 1. The number of carbonyl (C=O) groups excluding carboxylic acids is 1. The third-order valence-corrected chi connectivity index (χ3v) is 6.41. The number of nitrogens with zero attached hydrogens (tertiary/aromatic N) is 1. The fourth-order valence-electron chi connectivity index (χ4n) is 3.04. The van der Waals surface area contributed by atoms with Crippen molar-refractivity contribution in [1.29, 1.82) is 0 Å². The average molecular weight is 470 g/mol. The molecule has 0 radical (unpaired) electrons. The summed E-state index contributed by atoms with van der Waals surface area (Å²) in [6, 6.07) is 21.5. The van der Waals surface area contributed by atoms with Gasteiger partial charge in [-0.15, -0.1) is 0 Å². The maximum atomic E-state index is 13.9. The van der Waals surface area contributed by atoms with Crippen molar-refractivity contribution in [3.63, 3.8) is 0 Å². The summed E-state index contributed by atoms with van der Waals surface area (Å²) >= 11 is 12.7. The molecule has 3 aromatic rings. The van der Waals surface area contributed by atoms with Crippen molar-refractivity contribution < 1.29 is 13.9 Å². The highest BCUT2D eigenvalue weighted by Crippen LogP contribution is 2.34. The molecule has 0 spiro atoms. The topological polar surface area (TPSA) is 29.5 Å². The predicted molar refractivity (Wildman–Crippen MR) is 127 cm³/mol. The van der Waals surface area contributed by atoms with Gasteiger partial charge in [-0.1, -0.05) is 84.1 Å². The lowest BCUT2D eigenvalue weighted by Crippen LogP contribution is -2.27. The van der Waals surface area contributed by atoms with Crippen LogP contribution in [0.1, 0.15) is 16.7 Å². The molecule has 1 saturated heterocycles. The van der Waals surface area contributed by atoms with Crippen LogP contribution < -0.4 is 4.74 Å². The molecule has 1 aliphatic heterocycles. The van der Waals surface area contributed by atoms with E-state index in [0.717, 1.165) is 11.1 Å². The Kier molecular flexibility index (Phi) is 6.70. The van der Waals surface area contributed by atoms with Gasteiger partial charge in [0.2, 0.25) is 0 Å². The van der Waals surface area contributed by atoms with Crippen molar-refractivity contribution in [1.82, 2.24) is 4.90 Å². The molecule has 0 unspecified atom stereocenters. The Hall–Kier alpha value is -2.67. The summed E-state index contributed by atoms with van der Waals surface area (Å²) in [4.78, 5) is 15.0. The van der Waals surface area contributed by atoms with Crippen LogP contribution in [0.5, 0.6) is 5.75 Å². The molecule has 1 aliphatic rings. The number of thiocarbonyl (C=S) groups is 1. The van der Waals surface area contributed by atoms with Crippen LogP contribution >= 0.6 is 35.6 Å². The monoisotopic (exact) mass is 469 g/mol. The Balaban J connectivity index is 1.42. The molecule has 0 aromatic heterocycles. The van der Waals surface area contributed by atoms with Crippen LogP contribution in [-0.4, -0.2) is 15.1 Å². The summed E-state index contributed by atoms with van der Waals surface area (Å²) in [5, 5.41) is 0.328. The Bertz CT molecular complexity index is 1130. The third-order valence-electron chi connectivity index (χ3n) is 4.68. The second kappa shape index (κ2) is 9.64. The van der Waals surface area contributed by atoms with Gasteiger partial charge in [0, 0.05) is 5.56 Å². The SMILES string of the molecule is O=C1C(=Cc2ccc(OCc3c(F)cccc3Cl)cc2)SC(=S)N1Cc1ccccc1. The lowest BCUT2D eigenvalue weighted by molar-refractivity contribution is -0.122. The van der Waals surface area contributed by atoms with E-state index in [0.29, 0.717) is 32.1 Å². The summed E-state index contributed by atoms with van der Waals surface area (Å²) in [5.74, 6) is 0.0723. The Morgan fingerprint density at radius 3 is 2.48 bits per heavy atom. The molecule has 0 N–H and O–H groups in total. The summed E-state index contributed by atoms with van der Waals surface area (Å²) in [6.07, 6.45) is 1.81. The maximum Gasteiger partial charge on any atom is 0.266 e. The van der Waals surface area contributed by atoms with Crippen molar-refractivity contribution in [3.8, 4) is 5.75 Å². The summed E-state index contributed by atoms with van der Waals surface area (Å²) in [5.41, 5.74) is 2.18. The van der Waals surface area contributed by atoms with Crippen LogP contribution in [0.15, 0.2) is 77.7 Å². The number of carbonyl (C=O) groups is 1. The summed E-state index contributed by atoms with van der Waals surface area (Å²) < 4.78 is 20.1. The molecule has 0 saturated carbocycles. The fourth-order valence-corrected chi connectivity index (χ4v) is 4.51. The molecule has 0 atom stereocenters. The zero-order chi connectivity index (χ0) is 21.8. The Labute approximate surface area is 194 Å². The first kappa shape index (κ1) is 21.6. The lowest BCUT2D eigenvalue weighted by Gasteiger charge is -2.14. The first-order valence-corrected chi connectivity index (χ1v) is 11.1. The van der Waals surface area contributed by atoms with Gasteiger partial charge in [0.15, 0.2) is 0 Å². The number of halogens is 2. The minimum atomic E-state index is -0.401. The first-order valence-electron chi connectivity index (χ1n) is 9.46. The van der Waals surface area contributed by atoms with Gasteiger partial charge in [-0.25, -0.2) is 4.39 Å². The van der Waals surface area contributed by atoms with Gasteiger partial charge in [-0.3, -0.25) is 9.69 Å². The predicted octanol–water partition coefficient (Wildman–Crippen LogP) is 6.46. The van der Waals surface area contributed by atoms with Gasteiger partial charge in [-0.05, 0) is 41.5 Å². The van der Waals surface area contributed by atoms with Crippen molar-refractivity contribution in [2.24, 2.45) is 0 Å². The van der Waals surface area contributed by atoms with Crippen molar-refractivity contribution >= 4 is 51.9 Å². The molecule has 0 aliphatic carbocycles. The lowest BCUT2D eigenvalue weighted by atomic mass is 10.2. The quantitative estimate of drug-likeness (QED) is 0.306. The Morgan fingerprint density at radius 2 is 1.77 bits per heavy atom. The summed E-state index contributed by atoms with van der Waals surface area (Å²) in [7, 11) is 0. The van der Waals surface area contributed by atoms with Gasteiger partial charge in [-0.2, -0.15) is 0 Å². The number of hydrogen-bond acceptors (Lipinski definition) is 4. The second-order valence-electron chi connectivity index (χ2n) is 6.81. The van der Waals surface area contributed by atoms with Gasteiger partial charge in [0.05, 0.1) is 16.5 Å². The zero-order valence-electron chi connectivity index (χ0n) is 16.3. The second-order valence-corrected chi connectivity index (χ2v) is 8.89. The van der Waals surface area contributed by atoms with Crippen LogP contribution in [0.2, 0.25) is 5.02 Å². The molecule has 3 aromatic carbocycles. The maximum absolute atomic E-state index is 13.9. The van der Waals surface area contributed by atoms with Gasteiger partial charge < -0.3 is 4.74 Å².